The molecule has 0 aliphatic carbocycles. The maximum atomic E-state index is 4.99. The van der Waals surface area contributed by atoms with Gasteiger partial charge < -0.3 is 9.84 Å². The molecular weight excluding hydrogens is 224 g/mol. The van der Waals surface area contributed by atoms with E-state index in [2.05, 4.69) is 27.4 Å². The lowest BCUT2D eigenvalue weighted by Crippen LogP contribution is -2.12. The van der Waals surface area contributed by atoms with E-state index in [4.69, 9.17) is 4.52 Å². The molecule has 2 aromatic rings. The van der Waals surface area contributed by atoms with Crippen molar-refractivity contribution in [3.05, 3.63) is 27.3 Å². The number of hydrogen-bond acceptors (Lipinski definition) is 6. The second-order valence-electron chi connectivity index (χ2n) is 3.59. The zero-order valence-corrected chi connectivity index (χ0v) is 10.4. The second kappa shape index (κ2) is 4.71. The fourth-order valence-corrected chi connectivity index (χ4v) is 2.21. The van der Waals surface area contributed by atoms with Crippen LogP contribution in [0.3, 0.4) is 0 Å². The molecule has 0 fully saturated rings. The van der Waals surface area contributed by atoms with Gasteiger partial charge in [-0.05, 0) is 20.8 Å². The molecule has 0 saturated heterocycles. The van der Waals surface area contributed by atoms with Crippen molar-refractivity contribution >= 4 is 11.3 Å². The van der Waals surface area contributed by atoms with E-state index < -0.39 is 0 Å². The van der Waals surface area contributed by atoms with E-state index >= 15 is 0 Å². The van der Waals surface area contributed by atoms with E-state index in [1.54, 1.807) is 18.3 Å². The third kappa shape index (κ3) is 2.65. The fraction of sp³-hybridized carbons (Fsp3) is 0.500. The molecule has 0 unspecified atom stereocenters. The van der Waals surface area contributed by atoms with E-state index in [9.17, 15) is 0 Å². The smallest absolute Gasteiger partial charge is 0.240 e. The predicted molar refractivity (Wildman–Crippen MR) is 61.2 cm³/mol. The molecule has 86 valence electrons. The lowest BCUT2D eigenvalue weighted by Gasteiger charge is -1.96. The summed E-state index contributed by atoms with van der Waals surface area (Å²) in [5, 5.41) is 8.03. The molecule has 0 atom stereocenters. The van der Waals surface area contributed by atoms with Crippen LogP contribution in [0.25, 0.3) is 0 Å². The highest BCUT2D eigenvalue weighted by Gasteiger charge is 2.05. The Kier molecular flexibility index (Phi) is 3.31. The minimum Gasteiger partial charge on any atom is -0.338 e. The largest absolute Gasteiger partial charge is 0.338 e. The van der Waals surface area contributed by atoms with Crippen LogP contribution in [0.4, 0.5) is 0 Å². The highest BCUT2D eigenvalue weighted by molar-refractivity contribution is 7.11. The van der Waals surface area contributed by atoms with Gasteiger partial charge in [-0.1, -0.05) is 5.16 Å². The molecule has 1 N–H and O–H groups in total. The number of thiazole rings is 1. The van der Waals surface area contributed by atoms with Crippen molar-refractivity contribution in [3.63, 3.8) is 0 Å². The summed E-state index contributed by atoms with van der Waals surface area (Å²) in [6.45, 7) is 7.23. The van der Waals surface area contributed by atoms with Crippen LogP contribution in [-0.2, 0) is 13.1 Å². The summed E-state index contributed by atoms with van der Waals surface area (Å²) < 4.78 is 4.99. The highest BCUT2D eigenvalue weighted by atomic mass is 32.1. The number of nitrogens with one attached hydrogen (secondary N) is 1. The van der Waals surface area contributed by atoms with Gasteiger partial charge in [-0.3, -0.25) is 0 Å². The first-order chi connectivity index (χ1) is 7.65. The van der Waals surface area contributed by atoms with Crippen LogP contribution in [0.1, 0.15) is 27.3 Å². The quantitative estimate of drug-likeness (QED) is 0.879. The molecule has 0 aromatic carbocycles. The van der Waals surface area contributed by atoms with Crippen molar-refractivity contribution in [2.45, 2.75) is 33.9 Å². The summed E-state index contributed by atoms with van der Waals surface area (Å²) in [7, 11) is 0. The standard InChI is InChI=1S/C10H14N4OS/c1-6-7(2)16-10(12-6)5-11-4-9-13-8(3)14-15-9/h11H,4-5H2,1-3H3. The van der Waals surface area contributed by atoms with Crippen molar-refractivity contribution in [3.8, 4) is 0 Å². The molecule has 0 aliphatic heterocycles. The summed E-state index contributed by atoms with van der Waals surface area (Å²) in [4.78, 5) is 9.81. The monoisotopic (exact) mass is 238 g/mol. The number of aryl methyl sites for hydroxylation is 3. The number of aromatic nitrogens is 3. The fourth-order valence-electron chi connectivity index (χ4n) is 1.30. The molecule has 0 saturated carbocycles. The summed E-state index contributed by atoms with van der Waals surface area (Å²) in [5.74, 6) is 1.28. The van der Waals surface area contributed by atoms with Gasteiger partial charge in [-0.2, -0.15) is 4.98 Å². The van der Waals surface area contributed by atoms with E-state index in [0.29, 0.717) is 18.3 Å². The Morgan fingerprint density at radius 2 is 2.00 bits per heavy atom. The van der Waals surface area contributed by atoms with Crippen LogP contribution in [0.15, 0.2) is 4.52 Å². The molecule has 0 bridgehead atoms. The Balaban J connectivity index is 1.84. The van der Waals surface area contributed by atoms with Crippen molar-refractivity contribution in [2.24, 2.45) is 0 Å². The molecule has 16 heavy (non-hydrogen) atoms. The Labute approximate surface area is 97.9 Å². The van der Waals surface area contributed by atoms with Gasteiger partial charge in [0.15, 0.2) is 5.82 Å². The Morgan fingerprint density at radius 3 is 2.56 bits per heavy atom. The van der Waals surface area contributed by atoms with Crippen molar-refractivity contribution in [2.75, 3.05) is 0 Å². The third-order valence-electron chi connectivity index (χ3n) is 2.19. The maximum Gasteiger partial charge on any atom is 0.240 e. The van der Waals surface area contributed by atoms with Gasteiger partial charge in [0.2, 0.25) is 5.89 Å². The molecule has 0 spiro atoms. The first-order valence-electron chi connectivity index (χ1n) is 5.08. The van der Waals surface area contributed by atoms with Crippen LogP contribution < -0.4 is 5.32 Å². The Hall–Kier alpha value is -1.27. The highest BCUT2D eigenvalue weighted by Crippen LogP contribution is 2.15. The topological polar surface area (TPSA) is 63.8 Å². The van der Waals surface area contributed by atoms with Gasteiger partial charge >= 0.3 is 0 Å². The zero-order chi connectivity index (χ0) is 11.5. The predicted octanol–water partition coefficient (Wildman–Crippen LogP) is 1.74. The summed E-state index contributed by atoms with van der Waals surface area (Å²) >= 11 is 1.71. The lowest BCUT2D eigenvalue weighted by atomic mass is 10.4. The summed E-state index contributed by atoms with van der Waals surface area (Å²) in [6.07, 6.45) is 0. The van der Waals surface area contributed by atoms with Gasteiger partial charge in [-0.25, -0.2) is 4.98 Å². The van der Waals surface area contributed by atoms with Gasteiger partial charge in [0.1, 0.15) is 5.01 Å². The molecule has 0 aliphatic rings. The van der Waals surface area contributed by atoms with Crippen LogP contribution >= 0.6 is 11.3 Å². The van der Waals surface area contributed by atoms with Crippen LogP contribution in [-0.4, -0.2) is 15.1 Å². The average Bonchev–Trinajstić information content (AvgIpc) is 2.75. The zero-order valence-electron chi connectivity index (χ0n) is 9.57. The minimum absolute atomic E-state index is 0.582. The van der Waals surface area contributed by atoms with Crippen molar-refractivity contribution < 1.29 is 4.52 Å². The lowest BCUT2D eigenvalue weighted by molar-refractivity contribution is 0.364. The van der Waals surface area contributed by atoms with Crippen molar-refractivity contribution in [1.82, 2.24) is 20.4 Å². The maximum absolute atomic E-state index is 4.99. The number of nitrogens with zero attached hydrogens (tertiary/aromatic N) is 3. The van der Waals surface area contributed by atoms with Gasteiger partial charge in [0, 0.05) is 11.4 Å². The number of rotatable bonds is 4. The molecule has 6 heteroatoms. The minimum atomic E-state index is 0.582. The van der Waals surface area contributed by atoms with Crippen LogP contribution in [0.2, 0.25) is 0 Å². The third-order valence-corrected chi connectivity index (χ3v) is 3.27. The molecule has 5 nitrogen and oxygen atoms in total. The average molecular weight is 238 g/mol. The molecule has 0 radical (unpaired) electrons. The van der Waals surface area contributed by atoms with Crippen LogP contribution in [0.5, 0.6) is 0 Å². The van der Waals surface area contributed by atoms with Gasteiger partial charge in [0.25, 0.3) is 0 Å². The molecule has 2 heterocycles. The molecule has 2 rings (SSSR count). The van der Waals surface area contributed by atoms with E-state index in [0.717, 1.165) is 17.2 Å². The summed E-state index contributed by atoms with van der Waals surface area (Å²) in [5.41, 5.74) is 1.11. The molecule has 2 aromatic heterocycles. The van der Waals surface area contributed by atoms with Crippen LogP contribution in [0, 0.1) is 20.8 Å². The van der Waals surface area contributed by atoms with E-state index in [1.165, 1.54) is 4.88 Å². The summed E-state index contributed by atoms with van der Waals surface area (Å²) in [6, 6.07) is 0. The van der Waals surface area contributed by atoms with Gasteiger partial charge in [-0.15, -0.1) is 11.3 Å². The van der Waals surface area contributed by atoms with Gasteiger partial charge in [0.05, 0.1) is 12.2 Å². The second-order valence-corrected chi connectivity index (χ2v) is 4.88. The Morgan fingerprint density at radius 1 is 1.19 bits per heavy atom. The normalized spacial score (nSPS) is 10.9. The SMILES string of the molecule is Cc1noc(CNCc2nc(C)c(C)s2)n1. The Bertz CT molecular complexity index is 457. The first-order valence-corrected chi connectivity index (χ1v) is 5.89. The number of hydrogen-bond donors (Lipinski definition) is 1. The molecular formula is C10H14N4OS. The van der Waals surface area contributed by atoms with Crippen molar-refractivity contribution in [1.29, 1.82) is 0 Å². The molecule has 0 amide bonds. The van der Waals surface area contributed by atoms with E-state index in [-0.39, 0.29) is 0 Å². The van der Waals surface area contributed by atoms with E-state index in [1.807, 2.05) is 6.92 Å². The first kappa shape index (κ1) is 11.2.